The van der Waals surface area contributed by atoms with Gasteiger partial charge in [0.1, 0.15) is 0 Å². The van der Waals surface area contributed by atoms with Gasteiger partial charge in [0.05, 0.1) is 14.2 Å². The second kappa shape index (κ2) is 10.1. The van der Waals surface area contributed by atoms with Gasteiger partial charge in [0.2, 0.25) is 0 Å². The molecule has 1 atom stereocenters. The summed E-state index contributed by atoms with van der Waals surface area (Å²) in [6, 6.07) is 14.9. The molecule has 0 aliphatic heterocycles. The van der Waals surface area contributed by atoms with Crippen molar-refractivity contribution in [1.29, 1.82) is 0 Å². The van der Waals surface area contributed by atoms with E-state index in [1.54, 1.807) is 14.2 Å². The molecule has 0 spiro atoms. The number of para-hydroxylation sites is 2. The Hall–Kier alpha value is -2.73. The van der Waals surface area contributed by atoms with Crippen LogP contribution in [-0.4, -0.2) is 36.9 Å². The van der Waals surface area contributed by atoms with Crippen LogP contribution in [0.3, 0.4) is 0 Å². The fourth-order valence-corrected chi connectivity index (χ4v) is 4.88. The highest BCUT2D eigenvalue weighted by Crippen LogP contribution is 2.40. The van der Waals surface area contributed by atoms with Crippen LogP contribution in [0, 0.1) is 0 Å². The maximum Gasteiger partial charge on any atom is 0.166 e. The number of nitrogens with one attached hydrogen (secondary N) is 3. The van der Waals surface area contributed by atoms with Crippen molar-refractivity contribution >= 4 is 28.2 Å². The van der Waals surface area contributed by atoms with Crippen LogP contribution in [0.1, 0.15) is 49.1 Å². The average molecular weight is 438 g/mol. The number of aromatic amines is 1. The molecule has 2 aromatic carbocycles. The lowest BCUT2D eigenvalue weighted by atomic mass is 9.90. The molecular formula is C25H31N3O2S. The molecule has 1 aliphatic carbocycles. The van der Waals surface area contributed by atoms with Crippen LogP contribution in [-0.2, 0) is 0 Å². The van der Waals surface area contributed by atoms with Crippen molar-refractivity contribution < 1.29 is 9.47 Å². The largest absolute Gasteiger partial charge is 0.493 e. The summed E-state index contributed by atoms with van der Waals surface area (Å²) in [4.78, 5) is 3.41. The van der Waals surface area contributed by atoms with Gasteiger partial charge in [-0.05, 0) is 42.8 Å². The van der Waals surface area contributed by atoms with E-state index in [4.69, 9.17) is 21.7 Å². The average Bonchev–Trinajstić information content (AvgIpc) is 3.23. The van der Waals surface area contributed by atoms with Crippen molar-refractivity contribution in [3.63, 3.8) is 0 Å². The van der Waals surface area contributed by atoms with Crippen molar-refractivity contribution in [3.05, 3.63) is 59.8 Å². The van der Waals surface area contributed by atoms with E-state index in [-0.39, 0.29) is 5.92 Å². The minimum Gasteiger partial charge on any atom is -0.493 e. The Morgan fingerprint density at radius 1 is 1.03 bits per heavy atom. The van der Waals surface area contributed by atoms with Crippen molar-refractivity contribution in [2.24, 2.45) is 0 Å². The van der Waals surface area contributed by atoms with Crippen LogP contribution >= 0.6 is 12.2 Å². The zero-order valence-electron chi connectivity index (χ0n) is 18.2. The molecule has 0 bridgehead atoms. The molecule has 164 valence electrons. The minimum atomic E-state index is 0.0345. The molecule has 6 heteroatoms. The fourth-order valence-electron chi connectivity index (χ4n) is 4.63. The van der Waals surface area contributed by atoms with E-state index in [0.29, 0.717) is 12.6 Å². The molecule has 1 heterocycles. The molecule has 1 fully saturated rings. The van der Waals surface area contributed by atoms with Crippen molar-refractivity contribution in [3.8, 4) is 11.5 Å². The summed E-state index contributed by atoms with van der Waals surface area (Å²) in [5.41, 5.74) is 3.39. The van der Waals surface area contributed by atoms with Crippen molar-refractivity contribution in [2.75, 3.05) is 20.8 Å². The van der Waals surface area contributed by atoms with Crippen LogP contribution in [0.4, 0.5) is 0 Å². The Morgan fingerprint density at radius 2 is 1.84 bits per heavy atom. The molecule has 0 radical (unpaired) electrons. The first kappa shape index (κ1) is 21.5. The minimum absolute atomic E-state index is 0.0345. The lowest BCUT2D eigenvalue weighted by Crippen LogP contribution is -2.44. The van der Waals surface area contributed by atoms with Crippen molar-refractivity contribution in [1.82, 2.24) is 15.6 Å². The molecule has 0 amide bonds. The van der Waals surface area contributed by atoms with Gasteiger partial charge in [0.25, 0.3) is 0 Å². The summed E-state index contributed by atoms with van der Waals surface area (Å²) in [5.74, 6) is 1.52. The number of ether oxygens (including phenoxy) is 2. The van der Waals surface area contributed by atoms with Crippen molar-refractivity contribution in [2.45, 2.75) is 44.1 Å². The van der Waals surface area contributed by atoms with E-state index in [9.17, 15) is 0 Å². The monoisotopic (exact) mass is 437 g/mol. The lowest BCUT2D eigenvalue weighted by molar-refractivity contribution is 0.350. The van der Waals surface area contributed by atoms with Gasteiger partial charge in [-0.1, -0.05) is 49.6 Å². The lowest BCUT2D eigenvalue weighted by Gasteiger charge is -2.26. The first-order valence-electron chi connectivity index (χ1n) is 11.0. The Balaban J connectivity index is 1.63. The summed E-state index contributed by atoms with van der Waals surface area (Å²) >= 11 is 5.65. The topological polar surface area (TPSA) is 58.3 Å². The number of hydrogen-bond acceptors (Lipinski definition) is 3. The molecule has 4 rings (SSSR count). The van der Waals surface area contributed by atoms with Gasteiger partial charge in [-0.25, -0.2) is 0 Å². The molecule has 1 aliphatic rings. The van der Waals surface area contributed by atoms with E-state index in [0.717, 1.165) is 27.7 Å². The zero-order chi connectivity index (χ0) is 21.6. The quantitative estimate of drug-likeness (QED) is 0.448. The number of benzene rings is 2. The zero-order valence-corrected chi connectivity index (χ0v) is 19.1. The summed E-state index contributed by atoms with van der Waals surface area (Å²) < 4.78 is 11.3. The summed E-state index contributed by atoms with van der Waals surface area (Å²) in [7, 11) is 3.36. The number of methoxy groups -OCH3 is 2. The Labute approximate surface area is 189 Å². The standard InChI is InChI=1S/C25H31N3O2S/c1-29-23-14-8-12-19(24(23)30-2)21(20-15-26-22-13-7-6-11-18(20)22)16-27-25(31)28-17-9-4-3-5-10-17/h6-8,11-15,17,21,26H,3-5,9-10,16H2,1-2H3,(H2,27,28,31). The molecule has 0 saturated heterocycles. The van der Waals surface area contributed by atoms with Gasteiger partial charge in [-0.2, -0.15) is 0 Å². The highest BCUT2D eigenvalue weighted by Gasteiger charge is 2.24. The van der Waals surface area contributed by atoms with Crippen LogP contribution in [0.15, 0.2) is 48.7 Å². The number of H-pyrrole nitrogens is 1. The molecule has 3 aromatic rings. The first-order chi connectivity index (χ1) is 15.2. The predicted octanol–water partition coefficient (Wildman–Crippen LogP) is 5.11. The first-order valence-corrected chi connectivity index (χ1v) is 11.4. The summed E-state index contributed by atoms with van der Waals surface area (Å²) in [5, 5.41) is 8.92. The number of fused-ring (bicyclic) bond motifs is 1. The molecule has 1 aromatic heterocycles. The third-order valence-electron chi connectivity index (χ3n) is 6.21. The molecule has 5 nitrogen and oxygen atoms in total. The molecule has 1 unspecified atom stereocenters. The number of thiocarbonyl (C=S) groups is 1. The molecule has 3 N–H and O–H groups in total. The van der Waals surface area contributed by atoms with Crippen LogP contribution in [0.25, 0.3) is 10.9 Å². The van der Waals surface area contributed by atoms with Gasteiger partial charge < -0.3 is 25.1 Å². The number of hydrogen-bond donors (Lipinski definition) is 3. The normalized spacial score (nSPS) is 15.4. The van der Waals surface area contributed by atoms with Gasteiger partial charge in [0, 0.05) is 41.2 Å². The maximum absolute atomic E-state index is 5.78. The second-order valence-corrected chi connectivity index (χ2v) is 8.52. The highest BCUT2D eigenvalue weighted by atomic mass is 32.1. The predicted molar refractivity (Wildman–Crippen MR) is 130 cm³/mol. The second-order valence-electron chi connectivity index (χ2n) is 8.11. The van der Waals surface area contributed by atoms with Gasteiger partial charge >= 0.3 is 0 Å². The van der Waals surface area contributed by atoms with E-state index in [1.165, 1.54) is 43.1 Å². The van der Waals surface area contributed by atoms with Gasteiger partial charge in [0.15, 0.2) is 16.6 Å². The maximum atomic E-state index is 5.78. The Morgan fingerprint density at radius 3 is 2.61 bits per heavy atom. The molecular weight excluding hydrogens is 406 g/mol. The number of rotatable bonds is 7. The van der Waals surface area contributed by atoms with E-state index >= 15 is 0 Å². The van der Waals surface area contributed by atoms with Crippen LogP contribution in [0.5, 0.6) is 11.5 Å². The van der Waals surface area contributed by atoms with E-state index in [2.05, 4.69) is 46.1 Å². The Bertz CT molecular complexity index is 1030. The summed E-state index contributed by atoms with van der Waals surface area (Å²) in [6.45, 7) is 0.657. The summed E-state index contributed by atoms with van der Waals surface area (Å²) in [6.07, 6.45) is 8.36. The molecule has 31 heavy (non-hydrogen) atoms. The van der Waals surface area contributed by atoms with Crippen LogP contribution in [0.2, 0.25) is 0 Å². The SMILES string of the molecule is COc1cccc(C(CNC(=S)NC2CCCCC2)c2c[nH]c3ccccc23)c1OC. The van der Waals surface area contributed by atoms with Gasteiger partial charge in [-0.3, -0.25) is 0 Å². The highest BCUT2D eigenvalue weighted by molar-refractivity contribution is 7.80. The smallest absolute Gasteiger partial charge is 0.166 e. The van der Waals surface area contributed by atoms with Crippen LogP contribution < -0.4 is 20.1 Å². The Kier molecular flexibility index (Phi) is 6.97. The molecule has 1 saturated carbocycles. The van der Waals surface area contributed by atoms with Gasteiger partial charge in [-0.15, -0.1) is 0 Å². The van der Waals surface area contributed by atoms with E-state index < -0.39 is 0 Å². The van der Waals surface area contributed by atoms with E-state index in [1.807, 2.05) is 18.2 Å². The third kappa shape index (κ3) is 4.79. The number of aromatic nitrogens is 1. The fraction of sp³-hybridized carbons (Fsp3) is 0.400. The third-order valence-corrected chi connectivity index (χ3v) is 6.47.